The molecule has 2 rings (SSSR count). The van der Waals surface area contributed by atoms with Crippen molar-refractivity contribution in [1.82, 2.24) is 4.90 Å². The summed E-state index contributed by atoms with van der Waals surface area (Å²) in [5.74, 6) is -0.369. The van der Waals surface area contributed by atoms with Gasteiger partial charge in [0.2, 0.25) is 0 Å². The van der Waals surface area contributed by atoms with Gasteiger partial charge in [-0.15, -0.1) is 0 Å². The molecule has 18 heavy (non-hydrogen) atoms. The SMILES string of the molecule is CCN1CCOC(CN)C1c1cccc(Cl)c1F. The molecule has 0 aliphatic carbocycles. The molecule has 0 spiro atoms. The first-order valence-corrected chi connectivity index (χ1v) is 6.56. The highest BCUT2D eigenvalue weighted by molar-refractivity contribution is 6.30. The lowest BCUT2D eigenvalue weighted by molar-refractivity contribution is -0.0668. The molecule has 0 saturated carbocycles. The van der Waals surface area contributed by atoms with Crippen LogP contribution in [0.2, 0.25) is 5.02 Å². The van der Waals surface area contributed by atoms with E-state index in [0.29, 0.717) is 18.7 Å². The molecule has 2 N–H and O–H groups in total. The highest BCUT2D eigenvalue weighted by atomic mass is 35.5. The normalized spacial score (nSPS) is 25.3. The number of rotatable bonds is 3. The molecule has 2 atom stereocenters. The number of hydrogen-bond donors (Lipinski definition) is 1. The number of ether oxygens (including phenoxy) is 1. The summed E-state index contributed by atoms with van der Waals surface area (Å²) in [6.07, 6.45) is -0.188. The van der Waals surface area contributed by atoms with E-state index in [4.69, 9.17) is 22.1 Å². The molecule has 1 aliphatic heterocycles. The summed E-state index contributed by atoms with van der Waals surface area (Å²) in [7, 11) is 0. The molecule has 100 valence electrons. The van der Waals surface area contributed by atoms with Gasteiger partial charge in [-0.05, 0) is 12.6 Å². The van der Waals surface area contributed by atoms with Gasteiger partial charge in [0.1, 0.15) is 5.82 Å². The predicted octanol–water partition coefficient (Wildman–Crippen LogP) is 2.20. The Balaban J connectivity index is 2.39. The first-order chi connectivity index (χ1) is 8.69. The van der Waals surface area contributed by atoms with Crippen LogP contribution in [0.4, 0.5) is 4.39 Å². The zero-order valence-corrected chi connectivity index (χ0v) is 11.2. The number of morpholine rings is 1. The van der Waals surface area contributed by atoms with Crippen molar-refractivity contribution in [3.8, 4) is 0 Å². The van der Waals surface area contributed by atoms with E-state index in [9.17, 15) is 4.39 Å². The summed E-state index contributed by atoms with van der Waals surface area (Å²) in [6, 6.07) is 4.91. The Bertz CT molecular complexity index is 404. The van der Waals surface area contributed by atoms with E-state index in [2.05, 4.69) is 4.90 Å². The van der Waals surface area contributed by atoms with Gasteiger partial charge >= 0.3 is 0 Å². The summed E-state index contributed by atoms with van der Waals surface area (Å²) >= 11 is 5.85. The van der Waals surface area contributed by atoms with Crippen LogP contribution in [0.3, 0.4) is 0 Å². The number of nitrogens with two attached hydrogens (primary N) is 1. The fraction of sp³-hybridized carbons (Fsp3) is 0.538. The lowest BCUT2D eigenvalue weighted by Gasteiger charge is -2.40. The number of nitrogens with zero attached hydrogens (tertiary/aromatic N) is 1. The third kappa shape index (κ3) is 2.52. The monoisotopic (exact) mass is 272 g/mol. The van der Waals surface area contributed by atoms with E-state index in [1.54, 1.807) is 18.2 Å². The van der Waals surface area contributed by atoms with E-state index in [1.165, 1.54) is 0 Å². The second-order valence-corrected chi connectivity index (χ2v) is 4.77. The largest absolute Gasteiger partial charge is 0.374 e. The molecule has 1 saturated heterocycles. The fourth-order valence-corrected chi connectivity index (χ4v) is 2.67. The van der Waals surface area contributed by atoms with Crippen molar-refractivity contribution in [2.45, 2.75) is 19.1 Å². The van der Waals surface area contributed by atoms with Gasteiger partial charge < -0.3 is 10.5 Å². The van der Waals surface area contributed by atoms with Gasteiger partial charge in [0.15, 0.2) is 0 Å². The number of halogens is 2. The van der Waals surface area contributed by atoms with Crippen LogP contribution in [0.5, 0.6) is 0 Å². The summed E-state index contributed by atoms with van der Waals surface area (Å²) in [4.78, 5) is 2.18. The lowest BCUT2D eigenvalue weighted by Crippen LogP contribution is -2.48. The number of hydrogen-bond acceptors (Lipinski definition) is 3. The van der Waals surface area contributed by atoms with Crippen LogP contribution in [-0.2, 0) is 4.74 Å². The molecule has 0 amide bonds. The van der Waals surface area contributed by atoms with Gasteiger partial charge in [0.05, 0.1) is 23.8 Å². The minimum atomic E-state index is -0.369. The van der Waals surface area contributed by atoms with Crippen LogP contribution in [0, 0.1) is 5.82 Å². The van der Waals surface area contributed by atoms with Crippen molar-refractivity contribution in [2.24, 2.45) is 5.73 Å². The molecule has 1 aromatic rings. The Labute approximate surface area is 112 Å². The minimum Gasteiger partial charge on any atom is -0.374 e. The molecule has 0 bridgehead atoms. The van der Waals surface area contributed by atoms with Crippen LogP contribution in [0.25, 0.3) is 0 Å². The minimum absolute atomic E-state index is 0.143. The summed E-state index contributed by atoms with van der Waals surface area (Å²) in [5, 5.41) is 0.143. The molecule has 0 aromatic heterocycles. The van der Waals surface area contributed by atoms with Crippen LogP contribution >= 0.6 is 11.6 Å². The molecule has 1 heterocycles. The van der Waals surface area contributed by atoms with Gasteiger partial charge in [0.25, 0.3) is 0 Å². The first kappa shape index (κ1) is 13.7. The van der Waals surface area contributed by atoms with E-state index in [-0.39, 0.29) is 23.0 Å². The second-order valence-electron chi connectivity index (χ2n) is 4.36. The molecular weight excluding hydrogens is 255 g/mol. The maximum absolute atomic E-state index is 14.2. The smallest absolute Gasteiger partial charge is 0.146 e. The lowest BCUT2D eigenvalue weighted by atomic mass is 9.97. The van der Waals surface area contributed by atoms with Crippen molar-refractivity contribution in [2.75, 3.05) is 26.2 Å². The Kier molecular flexibility index (Phi) is 4.56. The molecule has 3 nitrogen and oxygen atoms in total. The molecule has 0 radical (unpaired) electrons. The Morgan fingerprint density at radius 3 is 3.00 bits per heavy atom. The molecule has 1 aromatic carbocycles. The van der Waals surface area contributed by atoms with Crippen LogP contribution < -0.4 is 5.73 Å². The predicted molar refractivity (Wildman–Crippen MR) is 70.2 cm³/mol. The Hall–Kier alpha value is -0.680. The van der Waals surface area contributed by atoms with Crippen LogP contribution in [0.1, 0.15) is 18.5 Å². The van der Waals surface area contributed by atoms with E-state index < -0.39 is 0 Å². The maximum atomic E-state index is 14.2. The van der Waals surface area contributed by atoms with Crippen LogP contribution in [0.15, 0.2) is 18.2 Å². The number of likely N-dealkylation sites (N-methyl/N-ethyl adjacent to an activating group) is 1. The zero-order chi connectivity index (χ0) is 13.1. The first-order valence-electron chi connectivity index (χ1n) is 6.18. The third-order valence-corrected chi connectivity index (χ3v) is 3.69. The summed E-state index contributed by atoms with van der Waals surface area (Å²) < 4.78 is 19.8. The van der Waals surface area contributed by atoms with E-state index in [1.807, 2.05) is 6.92 Å². The quantitative estimate of drug-likeness (QED) is 0.917. The fourth-order valence-electron chi connectivity index (χ4n) is 2.48. The van der Waals surface area contributed by atoms with Gasteiger partial charge in [-0.3, -0.25) is 4.90 Å². The molecule has 5 heteroatoms. The summed E-state index contributed by atoms with van der Waals surface area (Å²) in [5.41, 5.74) is 6.30. The average Bonchev–Trinajstić information content (AvgIpc) is 2.41. The maximum Gasteiger partial charge on any atom is 0.146 e. The second kappa shape index (κ2) is 5.97. The highest BCUT2D eigenvalue weighted by Gasteiger charge is 2.33. The van der Waals surface area contributed by atoms with Gasteiger partial charge in [0, 0.05) is 18.7 Å². The summed E-state index contributed by atoms with van der Waals surface area (Å²) in [6.45, 7) is 4.66. The van der Waals surface area contributed by atoms with E-state index >= 15 is 0 Å². The molecule has 2 unspecified atom stereocenters. The topological polar surface area (TPSA) is 38.5 Å². The average molecular weight is 273 g/mol. The highest BCUT2D eigenvalue weighted by Crippen LogP contribution is 2.32. The van der Waals surface area contributed by atoms with Crippen molar-refractivity contribution < 1.29 is 9.13 Å². The van der Waals surface area contributed by atoms with Crippen LogP contribution in [-0.4, -0.2) is 37.2 Å². The standard InChI is InChI=1S/C13H18ClFN2O/c1-2-17-6-7-18-11(8-16)13(17)9-4-3-5-10(14)12(9)15/h3-5,11,13H,2,6-8,16H2,1H3. The molecular formula is C13H18ClFN2O. The van der Waals surface area contributed by atoms with Crippen molar-refractivity contribution in [1.29, 1.82) is 0 Å². The third-order valence-electron chi connectivity index (χ3n) is 3.39. The molecule has 1 fully saturated rings. The number of benzene rings is 1. The Morgan fingerprint density at radius 2 is 2.33 bits per heavy atom. The van der Waals surface area contributed by atoms with Crippen molar-refractivity contribution >= 4 is 11.6 Å². The van der Waals surface area contributed by atoms with Gasteiger partial charge in [-0.2, -0.15) is 0 Å². The van der Waals surface area contributed by atoms with Gasteiger partial charge in [-0.1, -0.05) is 30.7 Å². The van der Waals surface area contributed by atoms with Crippen molar-refractivity contribution in [3.63, 3.8) is 0 Å². The van der Waals surface area contributed by atoms with Gasteiger partial charge in [-0.25, -0.2) is 4.39 Å². The zero-order valence-electron chi connectivity index (χ0n) is 10.4. The van der Waals surface area contributed by atoms with E-state index in [0.717, 1.165) is 13.1 Å². The Morgan fingerprint density at radius 1 is 1.56 bits per heavy atom. The molecule has 1 aliphatic rings. The van der Waals surface area contributed by atoms with Crippen molar-refractivity contribution in [3.05, 3.63) is 34.6 Å².